The Kier molecular flexibility index (Phi) is 4.97. The topological polar surface area (TPSA) is 52.6 Å². The first-order valence-corrected chi connectivity index (χ1v) is 7.86. The van der Waals surface area contributed by atoms with Crippen molar-refractivity contribution in [3.63, 3.8) is 0 Å². The molecule has 138 valence electrons. The van der Waals surface area contributed by atoms with Gasteiger partial charge in [-0.3, -0.25) is 9.69 Å². The van der Waals surface area contributed by atoms with Crippen LogP contribution >= 0.6 is 0 Å². The van der Waals surface area contributed by atoms with Crippen LogP contribution in [0.2, 0.25) is 0 Å². The summed E-state index contributed by atoms with van der Waals surface area (Å²) in [5, 5.41) is 12.6. The van der Waals surface area contributed by atoms with Gasteiger partial charge in [0.05, 0.1) is 11.6 Å². The molecule has 3 rings (SSSR count). The molecule has 1 fully saturated rings. The summed E-state index contributed by atoms with van der Waals surface area (Å²) in [4.78, 5) is 14.1. The van der Waals surface area contributed by atoms with Gasteiger partial charge in [-0.1, -0.05) is 0 Å². The number of rotatable bonds is 3. The fraction of sp³-hybridized carbons (Fsp3) is 0.278. The second-order valence-corrected chi connectivity index (χ2v) is 6.30. The van der Waals surface area contributed by atoms with Gasteiger partial charge in [-0.2, -0.15) is 0 Å². The van der Waals surface area contributed by atoms with E-state index in [4.69, 9.17) is 0 Å². The second kappa shape index (κ2) is 7.05. The Balaban J connectivity index is 1.90. The van der Waals surface area contributed by atoms with Crippen molar-refractivity contribution in [1.29, 1.82) is 0 Å². The molecule has 0 bridgehead atoms. The number of hydrogen-bond acceptors (Lipinski definition) is 3. The van der Waals surface area contributed by atoms with E-state index in [1.165, 1.54) is 4.90 Å². The molecule has 1 amide bonds. The highest BCUT2D eigenvalue weighted by Crippen LogP contribution is 2.37. The Hall–Kier alpha value is -2.45. The summed E-state index contributed by atoms with van der Waals surface area (Å²) >= 11 is 0. The second-order valence-electron chi connectivity index (χ2n) is 6.30. The van der Waals surface area contributed by atoms with Crippen LogP contribution in [0.15, 0.2) is 36.4 Å². The number of benzene rings is 2. The summed E-state index contributed by atoms with van der Waals surface area (Å²) in [6, 6.07) is 5.56. The number of hydrogen-bond donors (Lipinski definition) is 2. The highest BCUT2D eigenvalue weighted by atomic mass is 19.1. The third-order valence-corrected chi connectivity index (χ3v) is 4.50. The minimum Gasteiger partial charge on any atom is -0.378 e. The quantitative estimate of drug-likeness (QED) is 0.820. The van der Waals surface area contributed by atoms with E-state index in [0.29, 0.717) is 12.1 Å². The predicted octanol–water partition coefficient (Wildman–Crippen LogP) is 2.85. The number of nitrogens with zero attached hydrogens (tertiary/aromatic N) is 1. The fourth-order valence-electron chi connectivity index (χ4n) is 3.24. The summed E-state index contributed by atoms with van der Waals surface area (Å²) in [7, 11) is 1.55. The third-order valence-electron chi connectivity index (χ3n) is 4.50. The molecule has 0 spiro atoms. The largest absolute Gasteiger partial charge is 0.378 e. The maximum Gasteiger partial charge on any atom is 0.232 e. The lowest BCUT2D eigenvalue weighted by Gasteiger charge is -2.22. The summed E-state index contributed by atoms with van der Waals surface area (Å²) in [6.45, 7) is 0.175. The van der Waals surface area contributed by atoms with Crippen molar-refractivity contribution in [3.05, 3.63) is 65.2 Å². The van der Waals surface area contributed by atoms with Crippen LogP contribution in [0.1, 0.15) is 11.5 Å². The summed E-state index contributed by atoms with van der Waals surface area (Å²) in [6.07, 6.45) is -1.23. The van der Waals surface area contributed by atoms with Gasteiger partial charge < -0.3 is 10.4 Å². The molecular formula is C18H16F4N2O2. The van der Waals surface area contributed by atoms with Gasteiger partial charge in [0, 0.05) is 24.6 Å². The Morgan fingerprint density at radius 2 is 1.73 bits per heavy atom. The van der Waals surface area contributed by atoms with Crippen LogP contribution in [-0.4, -0.2) is 35.7 Å². The first kappa shape index (κ1) is 18.3. The van der Waals surface area contributed by atoms with Gasteiger partial charge >= 0.3 is 0 Å². The van der Waals surface area contributed by atoms with Crippen LogP contribution in [0.25, 0.3) is 0 Å². The molecule has 8 heteroatoms. The first-order valence-electron chi connectivity index (χ1n) is 7.86. The Morgan fingerprint density at radius 1 is 1.08 bits per heavy atom. The van der Waals surface area contributed by atoms with Gasteiger partial charge in [0.1, 0.15) is 29.5 Å². The molecular weight excluding hydrogens is 352 g/mol. The van der Waals surface area contributed by atoms with E-state index >= 15 is 0 Å². The van der Waals surface area contributed by atoms with Crippen molar-refractivity contribution < 1.29 is 27.5 Å². The summed E-state index contributed by atoms with van der Waals surface area (Å²) in [5.41, 5.74) is -0.0343. The third kappa shape index (κ3) is 3.56. The van der Waals surface area contributed by atoms with E-state index in [9.17, 15) is 27.5 Å². The zero-order valence-corrected chi connectivity index (χ0v) is 13.7. The summed E-state index contributed by atoms with van der Waals surface area (Å²) in [5.74, 6) is -5.89. The van der Waals surface area contributed by atoms with Crippen LogP contribution < -0.4 is 5.32 Å². The van der Waals surface area contributed by atoms with Crippen molar-refractivity contribution in [3.8, 4) is 0 Å². The zero-order valence-electron chi connectivity index (χ0n) is 13.7. The Bertz CT molecular complexity index is 826. The molecule has 2 aromatic rings. The molecule has 3 unspecified atom stereocenters. The van der Waals surface area contributed by atoms with Crippen LogP contribution in [0.3, 0.4) is 0 Å². The molecule has 1 saturated heterocycles. The minimum atomic E-state index is -1.23. The Morgan fingerprint density at radius 3 is 2.35 bits per heavy atom. The molecule has 4 nitrogen and oxygen atoms in total. The minimum absolute atomic E-state index is 0.175. The number of likely N-dealkylation sites (tertiary alicyclic amines) is 1. The van der Waals surface area contributed by atoms with Gasteiger partial charge in [-0.25, -0.2) is 17.6 Å². The number of anilines is 1. The molecule has 3 atom stereocenters. The Labute approximate surface area is 147 Å². The number of likely N-dealkylation sites (N-methyl/N-ethyl adjacent to an activating group) is 1. The van der Waals surface area contributed by atoms with E-state index in [2.05, 4.69) is 5.32 Å². The lowest BCUT2D eigenvalue weighted by atomic mass is 9.87. The van der Waals surface area contributed by atoms with Crippen molar-refractivity contribution >= 4 is 11.6 Å². The lowest BCUT2D eigenvalue weighted by Crippen LogP contribution is -2.36. The molecule has 2 N–H and O–H groups in total. The first-order chi connectivity index (χ1) is 12.3. The number of aliphatic hydroxyl groups is 1. The molecule has 2 aromatic carbocycles. The van der Waals surface area contributed by atoms with Crippen LogP contribution in [0.4, 0.5) is 23.2 Å². The molecule has 1 aliphatic heterocycles. The smallest absolute Gasteiger partial charge is 0.232 e. The van der Waals surface area contributed by atoms with Crippen molar-refractivity contribution in [2.24, 2.45) is 5.92 Å². The van der Waals surface area contributed by atoms with Gasteiger partial charge in [-0.05, 0) is 36.9 Å². The van der Waals surface area contributed by atoms with Crippen LogP contribution in [-0.2, 0) is 4.79 Å². The maximum atomic E-state index is 13.8. The van der Waals surface area contributed by atoms with E-state index in [1.54, 1.807) is 7.05 Å². The number of carbonyl (C=O) groups is 1. The predicted molar refractivity (Wildman–Crippen MR) is 86.2 cm³/mol. The van der Waals surface area contributed by atoms with Crippen LogP contribution in [0, 0.1) is 29.2 Å². The van der Waals surface area contributed by atoms with Gasteiger partial charge in [0.25, 0.3) is 0 Å². The lowest BCUT2D eigenvalue weighted by molar-refractivity contribution is -0.124. The van der Waals surface area contributed by atoms with E-state index in [1.807, 2.05) is 0 Å². The van der Waals surface area contributed by atoms with Crippen molar-refractivity contribution in [2.75, 3.05) is 18.9 Å². The van der Waals surface area contributed by atoms with E-state index in [0.717, 1.165) is 24.3 Å². The molecule has 26 heavy (non-hydrogen) atoms. The molecule has 1 aliphatic rings. The monoisotopic (exact) mass is 368 g/mol. The number of halogens is 4. The average molecular weight is 368 g/mol. The van der Waals surface area contributed by atoms with E-state index in [-0.39, 0.29) is 17.8 Å². The highest BCUT2D eigenvalue weighted by Gasteiger charge is 2.44. The molecule has 0 aromatic heterocycles. The standard InChI is InChI=1S/C18H16F4N2O2/c1-24-8-13(9-4-11(20)6-12(21)5-9)16(18(24)26)17(25)23-15-3-2-10(19)7-14(15)22/h2-7,13,16,18,26H,8H2,1H3,(H,23,25). The molecule has 0 radical (unpaired) electrons. The van der Waals surface area contributed by atoms with Gasteiger partial charge in [-0.15, -0.1) is 0 Å². The number of aliphatic hydroxyl groups excluding tert-OH is 1. The van der Waals surface area contributed by atoms with E-state index < -0.39 is 47.2 Å². The van der Waals surface area contributed by atoms with Crippen molar-refractivity contribution in [1.82, 2.24) is 4.90 Å². The highest BCUT2D eigenvalue weighted by molar-refractivity contribution is 5.94. The SMILES string of the molecule is CN1CC(c2cc(F)cc(F)c2)C(C(=O)Nc2ccc(F)cc2F)C1O. The van der Waals surface area contributed by atoms with Crippen LogP contribution in [0.5, 0.6) is 0 Å². The fourth-order valence-corrected chi connectivity index (χ4v) is 3.24. The number of nitrogens with one attached hydrogen (secondary N) is 1. The maximum absolute atomic E-state index is 13.8. The molecule has 1 heterocycles. The van der Waals surface area contributed by atoms with Crippen molar-refractivity contribution in [2.45, 2.75) is 12.1 Å². The molecule has 0 saturated carbocycles. The average Bonchev–Trinajstić information content (AvgIpc) is 2.85. The summed E-state index contributed by atoms with van der Waals surface area (Å²) < 4.78 is 53.8. The van der Waals surface area contributed by atoms with Gasteiger partial charge in [0.15, 0.2) is 0 Å². The molecule has 0 aliphatic carbocycles. The zero-order chi connectivity index (χ0) is 19.0. The normalized spacial score (nSPS) is 23.2. The number of amides is 1. The number of carbonyl (C=O) groups excluding carboxylic acids is 1. The van der Waals surface area contributed by atoms with Gasteiger partial charge in [0.2, 0.25) is 5.91 Å².